The van der Waals surface area contributed by atoms with Crippen LogP contribution in [0.4, 0.5) is 19.0 Å². The molecule has 1 N–H and O–H groups in total. The Kier molecular flexibility index (Phi) is 6.44. The lowest BCUT2D eigenvalue weighted by atomic mass is 10.2. The third-order valence-corrected chi connectivity index (χ3v) is 4.70. The van der Waals surface area contributed by atoms with Gasteiger partial charge in [0.2, 0.25) is 0 Å². The lowest BCUT2D eigenvalue weighted by Gasteiger charge is -2.11. The van der Waals surface area contributed by atoms with Crippen molar-refractivity contribution in [3.63, 3.8) is 0 Å². The smallest absolute Gasteiger partial charge is 0.416 e. The molecule has 3 aromatic heterocycles. The van der Waals surface area contributed by atoms with Crippen LogP contribution in [0, 0.1) is 0 Å². The van der Waals surface area contributed by atoms with Crippen LogP contribution in [0.25, 0.3) is 5.69 Å². The molecule has 0 aliphatic carbocycles. The van der Waals surface area contributed by atoms with Crippen LogP contribution in [0.5, 0.6) is 11.5 Å². The van der Waals surface area contributed by atoms with E-state index >= 15 is 0 Å². The van der Waals surface area contributed by atoms with E-state index in [0.717, 1.165) is 22.4 Å². The average molecular weight is 469 g/mol. The molecule has 0 radical (unpaired) electrons. The molecular weight excluding hydrogens is 451 g/mol. The highest BCUT2D eigenvalue weighted by molar-refractivity contribution is 6.04. The number of benzene rings is 1. The van der Waals surface area contributed by atoms with Crippen LogP contribution in [0.3, 0.4) is 0 Å². The van der Waals surface area contributed by atoms with Crippen molar-refractivity contribution in [2.45, 2.75) is 12.8 Å². The van der Waals surface area contributed by atoms with Gasteiger partial charge in [0.15, 0.2) is 23.0 Å². The van der Waals surface area contributed by atoms with E-state index in [4.69, 9.17) is 9.47 Å². The van der Waals surface area contributed by atoms with Crippen LogP contribution in [0.2, 0.25) is 0 Å². The number of carbonyl (C=O) groups excluding carboxylic acids is 1. The first-order valence-corrected chi connectivity index (χ1v) is 9.94. The number of aromatic nitrogens is 4. The first-order chi connectivity index (χ1) is 16.3. The number of carbonyl (C=O) groups is 1. The SMILES string of the molecule is COc1cn(-c2cccc(C(F)(F)F)c2)nc1C(=O)Nc1ncccc1OCc1ccncc1. The van der Waals surface area contributed by atoms with Crippen LogP contribution in [-0.4, -0.2) is 32.8 Å². The molecule has 11 heteroatoms. The standard InChI is InChI=1S/C23H18F3N5O3/c1-33-19-13-31(17-5-2-4-16(12-17)23(24,25)26)30-20(19)22(32)29-21-18(6-3-9-28-21)34-14-15-7-10-27-11-8-15/h2-13H,14H2,1H3,(H,28,29,32). The highest BCUT2D eigenvalue weighted by Crippen LogP contribution is 2.31. The lowest BCUT2D eigenvalue weighted by molar-refractivity contribution is -0.137. The summed E-state index contributed by atoms with van der Waals surface area (Å²) < 4.78 is 51.3. The second-order valence-corrected chi connectivity index (χ2v) is 6.99. The minimum absolute atomic E-state index is 0.0742. The van der Waals surface area contributed by atoms with Crippen molar-refractivity contribution in [2.75, 3.05) is 12.4 Å². The molecule has 0 spiro atoms. The zero-order valence-corrected chi connectivity index (χ0v) is 17.8. The molecular formula is C23H18F3N5O3. The van der Waals surface area contributed by atoms with Gasteiger partial charge < -0.3 is 14.8 Å². The summed E-state index contributed by atoms with van der Waals surface area (Å²) >= 11 is 0. The fourth-order valence-electron chi connectivity index (χ4n) is 3.03. The third kappa shape index (κ3) is 5.14. The molecule has 174 valence electrons. The van der Waals surface area contributed by atoms with E-state index in [1.165, 1.54) is 31.6 Å². The highest BCUT2D eigenvalue weighted by atomic mass is 19.4. The van der Waals surface area contributed by atoms with E-state index < -0.39 is 17.6 Å². The van der Waals surface area contributed by atoms with Gasteiger partial charge in [0.25, 0.3) is 5.91 Å². The summed E-state index contributed by atoms with van der Waals surface area (Å²) in [5.74, 6) is -0.124. The number of hydrogen-bond donors (Lipinski definition) is 1. The number of nitrogens with zero attached hydrogens (tertiary/aromatic N) is 4. The summed E-state index contributed by atoms with van der Waals surface area (Å²) in [4.78, 5) is 21.0. The number of amides is 1. The molecule has 0 fully saturated rings. The number of nitrogens with one attached hydrogen (secondary N) is 1. The van der Waals surface area contributed by atoms with Crippen LogP contribution < -0.4 is 14.8 Å². The monoisotopic (exact) mass is 469 g/mol. The molecule has 0 saturated carbocycles. The van der Waals surface area contributed by atoms with Gasteiger partial charge in [0, 0.05) is 18.6 Å². The summed E-state index contributed by atoms with van der Waals surface area (Å²) in [5, 5.41) is 6.75. The van der Waals surface area contributed by atoms with Gasteiger partial charge in [-0.15, -0.1) is 0 Å². The summed E-state index contributed by atoms with van der Waals surface area (Å²) in [6.45, 7) is 0.227. The third-order valence-electron chi connectivity index (χ3n) is 4.70. The van der Waals surface area contributed by atoms with Crippen molar-refractivity contribution in [3.05, 3.63) is 90.1 Å². The van der Waals surface area contributed by atoms with E-state index in [-0.39, 0.29) is 29.6 Å². The van der Waals surface area contributed by atoms with Crippen molar-refractivity contribution in [1.82, 2.24) is 19.7 Å². The van der Waals surface area contributed by atoms with E-state index in [9.17, 15) is 18.0 Å². The molecule has 1 amide bonds. The Labute approximate surface area is 192 Å². The molecule has 0 unspecified atom stereocenters. The average Bonchev–Trinajstić information content (AvgIpc) is 3.29. The Morgan fingerprint density at radius 1 is 1.06 bits per heavy atom. The van der Waals surface area contributed by atoms with Crippen LogP contribution >= 0.6 is 0 Å². The number of ether oxygens (including phenoxy) is 2. The van der Waals surface area contributed by atoms with Gasteiger partial charge in [-0.3, -0.25) is 9.78 Å². The van der Waals surface area contributed by atoms with Gasteiger partial charge in [-0.25, -0.2) is 9.67 Å². The maximum atomic E-state index is 13.1. The number of halogens is 3. The summed E-state index contributed by atoms with van der Waals surface area (Å²) in [5.41, 5.74) is 0.0182. The van der Waals surface area contributed by atoms with Crippen molar-refractivity contribution in [1.29, 1.82) is 0 Å². The second kappa shape index (κ2) is 9.61. The molecule has 0 aliphatic heterocycles. The summed E-state index contributed by atoms with van der Waals surface area (Å²) in [6.07, 6.45) is 1.56. The first-order valence-electron chi connectivity index (χ1n) is 9.94. The largest absolute Gasteiger partial charge is 0.493 e. The Balaban J connectivity index is 1.56. The van der Waals surface area contributed by atoms with E-state index in [1.54, 1.807) is 36.7 Å². The molecule has 0 atom stereocenters. The predicted molar refractivity (Wildman–Crippen MR) is 116 cm³/mol. The lowest BCUT2D eigenvalue weighted by Crippen LogP contribution is -2.16. The molecule has 0 saturated heterocycles. The fourth-order valence-corrected chi connectivity index (χ4v) is 3.03. The number of rotatable bonds is 7. The van der Waals surface area contributed by atoms with Gasteiger partial charge in [-0.1, -0.05) is 6.07 Å². The van der Waals surface area contributed by atoms with Crippen LogP contribution in [0.15, 0.2) is 73.3 Å². The maximum absolute atomic E-state index is 13.1. The molecule has 0 bridgehead atoms. The Hall–Kier alpha value is -4.41. The van der Waals surface area contributed by atoms with E-state index in [0.29, 0.717) is 5.75 Å². The number of anilines is 1. The summed E-state index contributed by atoms with van der Waals surface area (Å²) in [6, 6.07) is 11.5. The van der Waals surface area contributed by atoms with Crippen molar-refractivity contribution in [3.8, 4) is 17.2 Å². The Bertz CT molecular complexity index is 1290. The van der Waals surface area contributed by atoms with Crippen molar-refractivity contribution >= 4 is 11.7 Å². The molecule has 3 heterocycles. The second-order valence-electron chi connectivity index (χ2n) is 6.99. The number of alkyl halides is 3. The zero-order valence-electron chi connectivity index (χ0n) is 17.8. The highest BCUT2D eigenvalue weighted by Gasteiger charge is 2.31. The maximum Gasteiger partial charge on any atom is 0.416 e. The first kappa shape index (κ1) is 22.8. The Morgan fingerprint density at radius 2 is 1.85 bits per heavy atom. The number of methoxy groups -OCH3 is 1. The van der Waals surface area contributed by atoms with Gasteiger partial charge in [0.1, 0.15) is 6.61 Å². The van der Waals surface area contributed by atoms with Crippen molar-refractivity contribution < 1.29 is 27.4 Å². The topological polar surface area (TPSA) is 91.2 Å². The van der Waals surface area contributed by atoms with E-state index in [1.807, 2.05) is 0 Å². The minimum Gasteiger partial charge on any atom is -0.493 e. The molecule has 1 aromatic carbocycles. The van der Waals surface area contributed by atoms with Crippen molar-refractivity contribution in [2.24, 2.45) is 0 Å². The predicted octanol–water partition coefficient (Wildman–Crippen LogP) is 4.52. The normalized spacial score (nSPS) is 11.2. The van der Waals surface area contributed by atoms with Gasteiger partial charge in [-0.05, 0) is 48.0 Å². The van der Waals surface area contributed by atoms with E-state index in [2.05, 4.69) is 20.4 Å². The molecule has 0 aliphatic rings. The number of hydrogen-bond acceptors (Lipinski definition) is 6. The molecule has 4 rings (SSSR count). The molecule has 4 aromatic rings. The van der Waals surface area contributed by atoms with Gasteiger partial charge in [-0.2, -0.15) is 18.3 Å². The van der Waals surface area contributed by atoms with Gasteiger partial charge in [0.05, 0.1) is 24.6 Å². The quantitative estimate of drug-likeness (QED) is 0.428. The summed E-state index contributed by atoms with van der Waals surface area (Å²) in [7, 11) is 1.33. The molecule has 34 heavy (non-hydrogen) atoms. The van der Waals surface area contributed by atoms with Crippen LogP contribution in [0.1, 0.15) is 21.6 Å². The fraction of sp³-hybridized carbons (Fsp3) is 0.130. The Morgan fingerprint density at radius 3 is 2.59 bits per heavy atom. The number of pyridine rings is 2. The zero-order chi connectivity index (χ0) is 24.1. The van der Waals surface area contributed by atoms with Gasteiger partial charge >= 0.3 is 6.18 Å². The minimum atomic E-state index is -4.51. The molecule has 8 nitrogen and oxygen atoms in total. The van der Waals surface area contributed by atoms with Crippen LogP contribution in [-0.2, 0) is 12.8 Å².